The third-order valence-electron chi connectivity index (χ3n) is 4.41. The summed E-state index contributed by atoms with van der Waals surface area (Å²) in [6.07, 6.45) is 2.20. The fourth-order valence-corrected chi connectivity index (χ4v) is 3.29. The lowest BCUT2D eigenvalue weighted by Gasteiger charge is -2.31. The van der Waals surface area contributed by atoms with Crippen LogP contribution in [0.25, 0.3) is 0 Å². The molecule has 2 amide bonds. The Labute approximate surface area is 146 Å². The predicted octanol–water partition coefficient (Wildman–Crippen LogP) is 2.09. The number of ether oxygens (including phenoxy) is 1. The fraction of sp³-hybridized carbons (Fsp3) is 0.444. The van der Waals surface area contributed by atoms with E-state index in [0.717, 1.165) is 25.9 Å². The number of hydrogen-bond donors (Lipinski definition) is 2. The van der Waals surface area contributed by atoms with Gasteiger partial charge in [-0.3, -0.25) is 4.90 Å². The van der Waals surface area contributed by atoms with Crippen molar-refractivity contribution in [3.05, 3.63) is 46.9 Å². The molecule has 0 bridgehead atoms. The first-order valence-corrected chi connectivity index (χ1v) is 8.54. The zero-order valence-electron chi connectivity index (χ0n) is 14.2. The largest absolute Gasteiger partial charge is 0.463 e. The van der Waals surface area contributed by atoms with Gasteiger partial charge >= 0.3 is 12.0 Å². The summed E-state index contributed by atoms with van der Waals surface area (Å²) < 4.78 is 18.8. The molecule has 2 N–H and O–H groups in total. The van der Waals surface area contributed by atoms with Crippen LogP contribution in [0, 0.1) is 5.82 Å². The van der Waals surface area contributed by atoms with Crippen LogP contribution in [0.5, 0.6) is 0 Å². The third kappa shape index (κ3) is 3.99. The number of carbonyl (C=O) groups is 2. The normalized spacial score (nSPS) is 21.0. The Kier molecular flexibility index (Phi) is 5.33. The topological polar surface area (TPSA) is 70.7 Å². The van der Waals surface area contributed by atoms with Crippen molar-refractivity contribution in [2.45, 2.75) is 25.8 Å². The van der Waals surface area contributed by atoms with Crippen molar-refractivity contribution in [2.24, 2.45) is 0 Å². The molecule has 1 aromatic rings. The summed E-state index contributed by atoms with van der Waals surface area (Å²) in [5.41, 5.74) is 1.37. The Bertz CT molecular complexity index is 699. The van der Waals surface area contributed by atoms with Crippen molar-refractivity contribution in [2.75, 3.05) is 26.2 Å². The number of likely N-dealkylation sites (tertiary alicyclic amines) is 1. The van der Waals surface area contributed by atoms with E-state index >= 15 is 0 Å². The van der Waals surface area contributed by atoms with Gasteiger partial charge in [0.15, 0.2) is 0 Å². The number of halogens is 1. The van der Waals surface area contributed by atoms with Crippen LogP contribution in [0.15, 0.2) is 35.5 Å². The maximum absolute atomic E-state index is 13.7. The molecule has 2 aliphatic heterocycles. The summed E-state index contributed by atoms with van der Waals surface area (Å²) in [5.74, 6) is -0.923. The second-order valence-corrected chi connectivity index (χ2v) is 6.18. The van der Waals surface area contributed by atoms with Gasteiger partial charge in [-0.05, 0) is 50.6 Å². The first kappa shape index (κ1) is 17.4. The minimum absolute atomic E-state index is 0.225. The highest BCUT2D eigenvalue weighted by Gasteiger charge is 2.34. The maximum atomic E-state index is 13.7. The number of amides is 2. The summed E-state index contributed by atoms with van der Waals surface area (Å²) >= 11 is 0. The molecule has 0 aromatic heterocycles. The summed E-state index contributed by atoms with van der Waals surface area (Å²) in [6, 6.07) is 4.75. The molecule has 2 aliphatic rings. The van der Waals surface area contributed by atoms with Gasteiger partial charge in [0.25, 0.3) is 0 Å². The van der Waals surface area contributed by atoms with Crippen LogP contribution in [0.4, 0.5) is 9.18 Å². The SMILES string of the molecule is CCOC(=O)C1=C(CN2CCCC2)NC(=O)N[C@@H]1c1cccc(F)c1. The van der Waals surface area contributed by atoms with Gasteiger partial charge in [0.05, 0.1) is 18.2 Å². The standard InChI is InChI=1S/C18H22FN3O3/c1-2-25-17(23)15-14(11-22-8-3-4-9-22)20-18(24)21-16(15)12-6-5-7-13(19)10-12/h5-7,10,16H,2-4,8-9,11H2,1H3,(H2,20,21,24)/t16-/m1/s1. The van der Waals surface area contributed by atoms with E-state index in [9.17, 15) is 14.0 Å². The number of esters is 1. The van der Waals surface area contributed by atoms with Crippen LogP contribution < -0.4 is 10.6 Å². The van der Waals surface area contributed by atoms with Crippen molar-refractivity contribution < 1.29 is 18.7 Å². The quantitative estimate of drug-likeness (QED) is 0.800. The molecular formula is C18H22FN3O3. The molecule has 1 saturated heterocycles. The molecule has 3 rings (SSSR count). The maximum Gasteiger partial charge on any atom is 0.338 e. The number of carbonyl (C=O) groups excluding carboxylic acids is 2. The molecule has 7 heteroatoms. The summed E-state index contributed by atoms with van der Waals surface area (Å²) in [5, 5.41) is 5.45. The van der Waals surface area contributed by atoms with Crippen LogP contribution in [0.2, 0.25) is 0 Å². The number of hydrogen-bond acceptors (Lipinski definition) is 4. The Hall–Kier alpha value is -2.41. The van der Waals surface area contributed by atoms with Gasteiger partial charge < -0.3 is 15.4 Å². The highest BCUT2D eigenvalue weighted by molar-refractivity contribution is 5.95. The van der Waals surface area contributed by atoms with Gasteiger partial charge in [-0.15, -0.1) is 0 Å². The molecule has 2 heterocycles. The molecule has 1 fully saturated rings. The lowest BCUT2D eigenvalue weighted by Crippen LogP contribution is -2.48. The van der Waals surface area contributed by atoms with E-state index in [1.807, 2.05) is 0 Å². The first-order valence-electron chi connectivity index (χ1n) is 8.54. The summed E-state index contributed by atoms with van der Waals surface area (Å²) in [4.78, 5) is 26.9. The Morgan fingerprint density at radius 1 is 1.36 bits per heavy atom. The summed E-state index contributed by atoms with van der Waals surface area (Å²) in [7, 11) is 0. The van der Waals surface area contributed by atoms with Gasteiger partial charge in [-0.25, -0.2) is 14.0 Å². The molecule has 0 saturated carbocycles. The average Bonchev–Trinajstić information content (AvgIpc) is 3.07. The highest BCUT2D eigenvalue weighted by atomic mass is 19.1. The van der Waals surface area contributed by atoms with Crippen molar-refractivity contribution in [3.8, 4) is 0 Å². The van der Waals surface area contributed by atoms with Gasteiger partial charge in [-0.1, -0.05) is 12.1 Å². The first-order chi connectivity index (χ1) is 12.1. The van der Waals surface area contributed by atoms with Gasteiger partial charge in [0.2, 0.25) is 0 Å². The Balaban J connectivity index is 2.00. The molecule has 0 spiro atoms. The van der Waals surface area contributed by atoms with Crippen molar-refractivity contribution in [1.29, 1.82) is 0 Å². The van der Waals surface area contributed by atoms with Gasteiger partial charge in [0, 0.05) is 12.2 Å². The molecule has 1 atom stereocenters. The number of nitrogens with zero attached hydrogens (tertiary/aromatic N) is 1. The van der Waals surface area contributed by atoms with Crippen LogP contribution in [0.1, 0.15) is 31.4 Å². The van der Waals surface area contributed by atoms with E-state index in [0.29, 0.717) is 23.4 Å². The zero-order chi connectivity index (χ0) is 17.8. The lowest BCUT2D eigenvalue weighted by atomic mass is 9.95. The molecule has 0 radical (unpaired) electrons. The average molecular weight is 347 g/mol. The van der Waals surface area contributed by atoms with E-state index < -0.39 is 23.9 Å². The van der Waals surface area contributed by atoms with E-state index in [1.165, 1.54) is 12.1 Å². The van der Waals surface area contributed by atoms with Crippen LogP contribution in [-0.4, -0.2) is 43.1 Å². The van der Waals surface area contributed by atoms with Crippen molar-refractivity contribution in [1.82, 2.24) is 15.5 Å². The Morgan fingerprint density at radius 3 is 2.80 bits per heavy atom. The molecule has 1 aromatic carbocycles. The minimum atomic E-state index is -0.735. The zero-order valence-corrected chi connectivity index (χ0v) is 14.2. The molecule has 134 valence electrons. The molecule has 0 unspecified atom stereocenters. The predicted molar refractivity (Wildman–Crippen MR) is 90.1 cm³/mol. The van der Waals surface area contributed by atoms with Crippen LogP contribution in [0.3, 0.4) is 0 Å². The van der Waals surface area contributed by atoms with Crippen molar-refractivity contribution >= 4 is 12.0 Å². The van der Waals surface area contributed by atoms with Gasteiger partial charge in [-0.2, -0.15) is 0 Å². The third-order valence-corrected chi connectivity index (χ3v) is 4.41. The minimum Gasteiger partial charge on any atom is -0.463 e. The lowest BCUT2D eigenvalue weighted by molar-refractivity contribution is -0.139. The van der Waals surface area contributed by atoms with E-state index in [-0.39, 0.29) is 6.61 Å². The number of nitrogens with one attached hydrogen (secondary N) is 2. The van der Waals surface area contributed by atoms with E-state index in [1.54, 1.807) is 19.1 Å². The van der Waals surface area contributed by atoms with E-state index in [2.05, 4.69) is 15.5 Å². The fourth-order valence-electron chi connectivity index (χ4n) is 3.29. The number of urea groups is 1. The number of rotatable bonds is 5. The second kappa shape index (κ2) is 7.65. The van der Waals surface area contributed by atoms with Crippen LogP contribution in [-0.2, 0) is 9.53 Å². The monoisotopic (exact) mass is 347 g/mol. The number of benzene rings is 1. The Morgan fingerprint density at radius 2 is 2.12 bits per heavy atom. The second-order valence-electron chi connectivity index (χ2n) is 6.18. The smallest absolute Gasteiger partial charge is 0.338 e. The summed E-state index contributed by atoms with van der Waals surface area (Å²) in [6.45, 7) is 4.27. The van der Waals surface area contributed by atoms with Crippen LogP contribution >= 0.6 is 0 Å². The van der Waals surface area contributed by atoms with E-state index in [4.69, 9.17) is 4.74 Å². The van der Waals surface area contributed by atoms with Gasteiger partial charge in [0.1, 0.15) is 5.82 Å². The highest BCUT2D eigenvalue weighted by Crippen LogP contribution is 2.29. The van der Waals surface area contributed by atoms with Crippen molar-refractivity contribution in [3.63, 3.8) is 0 Å². The molecule has 25 heavy (non-hydrogen) atoms. The molecule has 6 nitrogen and oxygen atoms in total. The molecule has 0 aliphatic carbocycles. The molecular weight excluding hydrogens is 325 g/mol.